The average molecular weight is 548 g/mol. The number of H-pyrrole nitrogens is 1. The van der Waals surface area contributed by atoms with Crippen LogP contribution in [-0.4, -0.2) is 34.7 Å². The standard InChI is InChI=1S/C32H29N5O4/c1-16-8-13-23-28(17(16)2)35-31(41)32(23)27-26(25(36-32)14-19-15-33-24-7-5-4-6-22(19)24)29(39)37(30(27)40)21-11-9-20(10-12-21)34-18(3)38/h4-13,15,25-27,33,36H,14H2,1-3H3,(H,34,38)(H,35,41)/t25-,26+,27-,32+/m0/s1. The molecule has 3 aliphatic heterocycles. The highest BCUT2D eigenvalue weighted by Gasteiger charge is 2.70. The molecule has 0 unspecified atom stereocenters. The SMILES string of the molecule is CC(=O)Nc1ccc(N2C(=O)[C@@H]3[C@H](Cc4c[nH]c5ccccc45)N[C@@]4(C(=O)Nc5c4ccc(C)c5C)[C@@H]3C2=O)cc1. The van der Waals surface area contributed by atoms with E-state index in [9.17, 15) is 19.2 Å². The van der Waals surface area contributed by atoms with E-state index in [2.05, 4.69) is 20.9 Å². The van der Waals surface area contributed by atoms with Crippen LogP contribution in [0.5, 0.6) is 0 Å². The van der Waals surface area contributed by atoms with E-state index >= 15 is 0 Å². The molecule has 0 bridgehead atoms. The maximum atomic E-state index is 14.3. The van der Waals surface area contributed by atoms with Crippen LogP contribution in [0.2, 0.25) is 0 Å². The summed E-state index contributed by atoms with van der Waals surface area (Å²) in [7, 11) is 0. The van der Waals surface area contributed by atoms with Gasteiger partial charge >= 0.3 is 0 Å². The largest absolute Gasteiger partial charge is 0.361 e. The second-order valence-electron chi connectivity index (χ2n) is 11.3. The van der Waals surface area contributed by atoms with Gasteiger partial charge in [-0.05, 0) is 67.3 Å². The molecule has 7 rings (SSSR count). The van der Waals surface area contributed by atoms with Gasteiger partial charge in [-0.1, -0.05) is 30.3 Å². The number of carbonyl (C=O) groups excluding carboxylic acids is 4. The fourth-order valence-electron chi connectivity index (χ4n) is 6.98. The van der Waals surface area contributed by atoms with E-state index in [-0.39, 0.29) is 17.7 Å². The van der Waals surface area contributed by atoms with Crippen LogP contribution in [0.15, 0.2) is 66.9 Å². The average Bonchev–Trinajstić information content (AvgIpc) is 3.66. The Balaban J connectivity index is 1.35. The van der Waals surface area contributed by atoms with Crippen molar-refractivity contribution in [2.75, 3.05) is 15.5 Å². The van der Waals surface area contributed by atoms with Crippen LogP contribution in [0.4, 0.5) is 17.1 Å². The minimum atomic E-state index is -1.38. The van der Waals surface area contributed by atoms with Gasteiger partial charge in [0.05, 0.1) is 17.5 Å². The number of amides is 4. The van der Waals surface area contributed by atoms with Gasteiger partial charge in [0.25, 0.3) is 0 Å². The lowest BCUT2D eigenvalue weighted by molar-refractivity contribution is -0.130. The number of imide groups is 1. The Morgan fingerprint density at radius 2 is 1.73 bits per heavy atom. The lowest BCUT2D eigenvalue weighted by Gasteiger charge is -2.29. The number of hydrogen-bond donors (Lipinski definition) is 4. The third-order valence-electron chi connectivity index (χ3n) is 8.98. The molecule has 9 heteroatoms. The zero-order valence-corrected chi connectivity index (χ0v) is 22.9. The maximum absolute atomic E-state index is 14.3. The number of aromatic amines is 1. The van der Waals surface area contributed by atoms with Gasteiger partial charge in [0.15, 0.2) is 0 Å². The quantitative estimate of drug-likeness (QED) is 0.289. The van der Waals surface area contributed by atoms with Crippen molar-refractivity contribution in [3.8, 4) is 0 Å². The molecule has 0 aliphatic carbocycles. The molecule has 0 saturated carbocycles. The molecule has 41 heavy (non-hydrogen) atoms. The number of benzene rings is 3. The summed E-state index contributed by atoms with van der Waals surface area (Å²) < 4.78 is 0. The Morgan fingerprint density at radius 3 is 2.49 bits per heavy atom. The van der Waals surface area contributed by atoms with Crippen LogP contribution in [0.1, 0.15) is 29.2 Å². The van der Waals surface area contributed by atoms with Crippen molar-refractivity contribution in [3.63, 3.8) is 0 Å². The van der Waals surface area contributed by atoms with E-state index in [4.69, 9.17) is 0 Å². The van der Waals surface area contributed by atoms with Crippen molar-refractivity contribution in [2.24, 2.45) is 11.8 Å². The maximum Gasteiger partial charge on any atom is 0.250 e. The van der Waals surface area contributed by atoms with Crippen molar-refractivity contribution in [3.05, 3.63) is 89.1 Å². The monoisotopic (exact) mass is 547 g/mol. The predicted octanol–water partition coefficient (Wildman–Crippen LogP) is 3.91. The van der Waals surface area contributed by atoms with Crippen LogP contribution < -0.4 is 20.9 Å². The summed E-state index contributed by atoms with van der Waals surface area (Å²) in [6.07, 6.45) is 2.39. The second-order valence-corrected chi connectivity index (χ2v) is 11.3. The van der Waals surface area contributed by atoms with Gasteiger partial charge in [0.1, 0.15) is 5.54 Å². The third kappa shape index (κ3) is 3.52. The molecule has 3 aromatic carbocycles. The molecule has 1 aromatic heterocycles. The molecule has 4 amide bonds. The van der Waals surface area contributed by atoms with Crippen molar-refractivity contribution in [2.45, 2.75) is 38.8 Å². The minimum absolute atomic E-state index is 0.217. The van der Waals surface area contributed by atoms with Crippen molar-refractivity contribution in [1.29, 1.82) is 0 Å². The van der Waals surface area contributed by atoms with Crippen molar-refractivity contribution < 1.29 is 19.2 Å². The highest BCUT2D eigenvalue weighted by Crippen LogP contribution is 2.54. The topological polar surface area (TPSA) is 123 Å². The summed E-state index contributed by atoms with van der Waals surface area (Å²) in [5.74, 6) is -2.98. The predicted molar refractivity (Wildman–Crippen MR) is 155 cm³/mol. The minimum Gasteiger partial charge on any atom is -0.361 e. The summed E-state index contributed by atoms with van der Waals surface area (Å²) in [6, 6.07) is 17.9. The van der Waals surface area contributed by atoms with Crippen LogP contribution in [0.25, 0.3) is 10.9 Å². The van der Waals surface area contributed by atoms with E-state index in [1.54, 1.807) is 24.3 Å². The lowest BCUT2D eigenvalue weighted by Crippen LogP contribution is -2.53. The summed E-state index contributed by atoms with van der Waals surface area (Å²) >= 11 is 0. The number of nitrogens with one attached hydrogen (secondary N) is 4. The first kappa shape index (κ1) is 25.2. The number of rotatable bonds is 4. The van der Waals surface area contributed by atoms with Crippen LogP contribution >= 0.6 is 0 Å². The van der Waals surface area contributed by atoms with Gasteiger partial charge in [0, 0.05) is 47.0 Å². The molecule has 4 heterocycles. The molecule has 4 aromatic rings. The first-order valence-electron chi connectivity index (χ1n) is 13.7. The molecule has 0 radical (unpaired) electrons. The van der Waals surface area contributed by atoms with Gasteiger partial charge in [-0.2, -0.15) is 0 Å². The summed E-state index contributed by atoms with van der Waals surface area (Å²) in [6.45, 7) is 5.35. The Hall–Kier alpha value is -4.76. The van der Waals surface area contributed by atoms with E-state index in [1.165, 1.54) is 11.8 Å². The number of aryl methyl sites for hydroxylation is 1. The van der Waals surface area contributed by atoms with E-state index in [0.29, 0.717) is 29.0 Å². The normalized spacial score (nSPS) is 24.7. The molecule has 206 valence electrons. The van der Waals surface area contributed by atoms with E-state index in [1.807, 2.05) is 56.4 Å². The molecule has 9 nitrogen and oxygen atoms in total. The highest BCUT2D eigenvalue weighted by molar-refractivity contribution is 6.26. The Kier molecular flexibility index (Phi) is 5.46. The fraction of sp³-hybridized carbons (Fsp3) is 0.250. The fourth-order valence-corrected chi connectivity index (χ4v) is 6.98. The summed E-state index contributed by atoms with van der Waals surface area (Å²) in [4.78, 5) is 58.4. The highest BCUT2D eigenvalue weighted by atomic mass is 16.2. The molecular weight excluding hydrogens is 518 g/mol. The Morgan fingerprint density at radius 1 is 0.976 bits per heavy atom. The molecular formula is C32H29N5O4. The third-order valence-corrected chi connectivity index (χ3v) is 8.98. The van der Waals surface area contributed by atoms with Crippen molar-refractivity contribution in [1.82, 2.24) is 10.3 Å². The second kappa shape index (κ2) is 8.87. The molecule has 4 atom stereocenters. The number of aromatic nitrogens is 1. The lowest BCUT2D eigenvalue weighted by atomic mass is 9.75. The number of carbonyl (C=O) groups is 4. The van der Waals surface area contributed by atoms with Crippen molar-refractivity contribution >= 4 is 51.6 Å². The van der Waals surface area contributed by atoms with Gasteiger partial charge in [-0.3, -0.25) is 24.5 Å². The number of para-hydroxylation sites is 1. The van der Waals surface area contributed by atoms with Crippen LogP contribution in [0.3, 0.4) is 0 Å². The first-order chi connectivity index (χ1) is 19.7. The van der Waals surface area contributed by atoms with Gasteiger partial charge in [-0.25, -0.2) is 4.90 Å². The van der Waals surface area contributed by atoms with Gasteiger partial charge in [0.2, 0.25) is 23.6 Å². The first-order valence-corrected chi connectivity index (χ1v) is 13.7. The Bertz CT molecular complexity index is 1790. The Labute approximate surface area is 236 Å². The van der Waals surface area contributed by atoms with E-state index in [0.717, 1.165) is 27.6 Å². The smallest absolute Gasteiger partial charge is 0.250 e. The molecule has 2 saturated heterocycles. The van der Waals surface area contributed by atoms with Gasteiger partial charge in [-0.15, -0.1) is 0 Å². The van der Waals surface area contributed by atoms with Crippen LogP contribution in [-0.2, 0) is 31.1 Å². The van der Waals surface area contributed by atoms with Gasteiger partial charge < -0.3 is 15.6 Å². The molecule has 1 spiro atoms. The summed E-state index contributed by atoms with van der Waals surface area (Å²) in [5.41, 5.74) is 4.94. The molecule has 2 fully saturated rings. The molecule has 4 N–H and O–H groups in total. The number of anilines is 3. The van der Waals surface area contributed by atoms with Crippen LogP contribution in [0, 0.1) is 25.7 Å². The zero-order chi connectivity index (χ0) is 28.6. The zero-order valence-electron chi connectivity index (χ0n) is 22.9. The van der Waals surface area contributed by atoms with E-state index < -0.39 is 29.3 Å². The summed E-state index contributed by atoms with van der Waals surface area (Å²) in [5, 5.41) is 10.3. The molecule has 3 aliphatic rings. The number of hydrogen-bond acceptors (Lipinski definition) is 5. The number of fused-ring (bicyclic) bond motifs is 5. The number of nitrogens with zero attached hydrogens (tertiary/aromatic N) is 1.